The van der Waals surface area contributed by atoms with Crippen LogP contribution in [-0.4, -0.2) is 65.7 Å². The maximum atomic E-state index is 12.3. The first-order valence-corrected chi connectivity index (χ1v) is 7.46. The summed E-state index contributed by atoms with van der Waals surface area (Å²) < 4.78 is 0. The first-order valence-electron chi connectivity index (χ1n) is 7.46. The number of hydrogen-bond acceptors (Lipinski definition) is 3. The Balaban J connectivity index is 1.79. The Morgan fingerprint density at radius 3 is 2.35 bits per heavy atom. The summed E-state index contributed by atoms with van der Waals surface area (Å²) in [5.74, 6) is -0.937. The molecule has 1 saturated heterocycles. The van der Waals surface area contributed by atoms with Gasteiger partial charge in [0.25, 0.3) is 0 Å². The van der Waals surface area contributed by atoms with Crippen molar-refractivity contribution in [2.75, 3.05) is 26.7 Å². The van der Waals surface area contributed by atoms with Crippen molar-refractivity contribution in [2.45, 2.75) is 44.7 Å². The van der Waals surface area contributed by atoms with Crippen molar-refractivity contribution in [3.05, 3.63) is 0 Å². The molecule has 2 rings (SSSR count). The molecule has 6 nitrogen and oxygen atoms in total. The standard InChI is InChI=1S/C14H25N3O3/c1-10-9-16(2)7-8-17(10)14(20)15-12-5-3-11(4-6-12)13(18)19/h10-12H,3-9H2,1-2H3,(H,15,20)(H,18,19). The molecule has 114 valence electrons. The van der Waals surface area contributed by atoms with Gasteiger partial charge in [-0.05, 0) is 39.7 Å². The van der Waals surface area contributed by atoms with Crippen LogP contribution in [0.3, 0.4) is 0 Å². The number of amides is 2. The number of urea groups is 1. The fraction of sp³-hybridized carbons (Fsp3) is 0.857. The Labute approximate surface area is 120 Å². The molecule has 2 fully saturated rings. The second-order valence-electron chi connectivity index (χ2n) is 6.14. The van der Waals surface area contributed by atoms with Crippen LogP contribution in [0, 0.1) is 5.92 Å². The average Bonchev–Trinajstić information content (AvgIpc) is 2.39. The molecule has 0 aromatic rings. The van der Waals surface area contributed by atoms with Crippen LogP contribution >= 0.6 is 0 Å². The highest BCUT2D eigenvalue weighted by Crippen LogP contribution is 2.24. The van der Waals surface area contributed by atoms with E-state index in [2.05, 4.69) is 24.2 Å². The minimum absolute atomic E-state index is 0.00405. The lowest BCUT2D eigenvalue weighted by molar-refractivity contribution is -0.142. The lowest BCUT2D eigenvalue weighted by atomic mass is 9.86. The van der Waals surface area contributed by atoms with Crippen molar-refractivity contribution in [2.24, 2.45) is 5.92 Å². The summed E-state index contributed by atoms with van der Waals surface area (Å²) in [7, 11) is 2.07. The summed E-state index contributed by atoms with van der Waals surface area (Å²) in [5.41, 5.74) is 0. The second-order valence-corrected chi connectivity index (χ2v) is 6.14. The lowest BCUT2D eigenvalue weighted by Crippen LogP contribution is -2.57. The van der Waals surface area contributed by atoms with Crippen molar-refractivity contribution in [1.29, 1.82) is 0 Å². The molecule has 0 radical (unpaired) electrons. The average molecular weight is 283 g/mol. The van der Waals surface area contributed by atoms with Gasteiger partial charge in [-0.3, -0.25) is 4.79 Å². The van der Waals surface area contributed by atoms with Crippen LogP contribution in [0.25, 0.3) is 0 Å². The molecule has 2 aliphatic rings. The van der Waals surface area contributed by atoms with Gasteiger partial charge >= 0.3 is 12.0 Å². The van der Waals surface area contributed by atoms with Gasteiger partial charge in [0, 0.05) is 31.7 Å². The zero-order chi connectivity index (χ0) is 14.7. The summed E-state index contributed by atoms with van der Waals surface area (Å²) in [6.45, 7) is 4.63. The highest BCUT2D eigenvalue weighted by molar-refractivity contribution is 5.75. The molecule has 0 spiro atoms. The van der Waals surface area contributed by atoms with E-state index in [0.717, 1.165) is 32.5 Å². The van der Waals surface area contributed by atoms with Crippen LogP contribution in [0.15, 0.2) is 0 Å². The molecule has 1 unspecified atom stereocenters. The summed E-state index contributed by atoms with van der Waals surface area (Å²) in [6.07, 6.45) is 2.87. The highest BCUT2D eigenvalue weighted by atomic mass is 16.4. The molecule has 0 aromatic heterocycles. The number of carbonyl (C=O) groups is 2. The maximum absolute atomic E-state index is 12.3. The van der Waals surface area contributed by atoms with Crippen LogP contribution in [0.1, 0.15) is 32.6 Å². The van der Waals surface area contributed by atoms with E-state index < -0.39 is 5.97 Å². The monoisotopic (exact) mass is 283 g/mol. The smallest absolute Gasteiger partial charge is 0.317 e. The van der Waals surface area contributed by atoms with Gasteiger partial charge in [0.15, 0.2) is 0 Å². The number of likely N-dealkylation sites (N-methyl/N-ethyl adjacent to an activating group) is 1. The first kappa shape index (κ1) is 15.1. The van der Waals surface area contributed by atoms with Crippen molar-refractivity contribution >= 4 is 12.0 Å². The molecule has 1 aliphatic heterocycles. The summed E-state index contributed by atoms with van der Waals surface area (Å²) >= 11 is 0. The van der Waals surface area contributed by atoms with Crippen molar-refractivity contribution in [3.63, 3.8) is 0 Å². The topological polar surface area (TPSA) is 72.9 Å². The number of aliphatic carboxylic acids is 1. The third-order valence-corrected chi connectivity index (χ3v) is 4.50. The summed E-state index contributed by atoms with van der Waals surface area (Å²) in [5, 5.41) is 12.0. The van der Waals surface area contributed by atoms with Crippen molar-refractivity contribution < 1.29 is 14.7 Å². The molecule has 2 N–H and O–H groups in total. The molecule has 6 heteroatoms. The van der Waals surface area contributed by atoms with Gasteiger partial charge in [0.05, 0.1) is 5.92 Å². The number of nitrogens with one attached hydrogen (secondary N) is 1. The van der Waals surface area contributed by atoms with E-state index in [1.54, 1.807) is 0 Å². The number of carboxylic acid groups (broad SMARTS) is 1. The van der Waals surface area contributed by atoms with Crippen LogP contribution in [0.5, 0.6) is 0 Å². The van der Waals surface area contributed by atoms with E-state index in [0.29, 0.717) is 12.8 Å². The Hall–Kier alpha value is -1.30. The van der Waals surface area contributed by atoms with Crippen molar-refractivity contribution in [1.82, 2.24) is 15.1 Å². The van der Waals surface area contributed by atoms with Gasteiger partial charge < -0.3 is 20.2 Å². The first-order chi connectivity index (χ1) is 9.47. The number of rotatable bonds is 2. The molecule has 2 amide bonds. The van der Waals surface area contributed by atoms with E-state index in [-0.39, 0.29) is 24.0 Å². The number of carbonyl (C=O) groups excluding carboxylic acids is 1. The quantitative estimate of drug-likeness (QED) is 0.792. The van der Waals surface area contributed by atoms with E-state index >= 15 is 0 Å². The van der Waals surface area contributed by atoms with Crippen LogP contribution in [-0.2, 0) is 4.79 Å². The minimum Gasteiger partial charge on any atom is -0.481 e. The van der Waals surface area contributed by atoms with Gasteiger partial charge in [-0.1, -0.05) is 0 Å². The zero-order valence-corrected chi connectivity index (χ0v) is 12.3. The Morgan fingerprint density at radius 1 is 1.15 bits per heavy atom. The van der Waals surface area contributed by atoms with Crippen LogP contribution in [0.2, 0.25) is 0 Å². The zero-order valence-electron chi connectivity index (χ0n) is 12.3. The van der Waals surface area contributed by atoms with Crippen molar-refractivity contribution in [3.8, 4) is 0 Å². The van der Waals surface area contributed by atoms with Gasteiger partial charge in [0.1, 0.15) is 0 Å². The van der Waals surface area contributed by atoms with E-state index in [1.807, 2.05) is 4.90 Å². The molecule has 1 heterocycles. The molecule has 1 aliphatic carbocycles. The number of hydrogen-bond donors (Lipinski definition) is 2. The van der Waals surface area contributed by atoms with Gasteiger partial charge in [-0.2, -0.15) is 0 Å². The van der Waals surface area contributed by atoms with E-state index in [1.165, 1.54) is 0 Å². The molecular formula is C14H25N3O3. The van der Waals surface area contributed by atoms with Crippen LogP contribution in [0.4, 0.5) is 4.79 Å². The largest absolute Gasteiger partial charge is 0.481 e. The van der Waals surface area contributed by atoms with Crippen LogP contribution < -0.4 is 5.32 Å². The third-order valence-electron chi connectivity index (χ3n) is 4.50. The number of piperazine rings is 1. The highest BCUT2D eigenvalue weighted by Gasteiger charge is 2.30. The fourth-order valence-electron chi connectivity index (χ4n) is 3.18. The Bertz CT molecular complexity index is 367. The molecule has 1 atom stereocenters. The number of carboxylic acids is 1. The van der Waals surface area contributed by atoms with Gasteiger partial charge in [-0.15, -0.1) is 0 Å². The van der Waals surface area contributed by atoms with Gasteiger partial charge in [0.2, 0.25) is 0 Å². The molecule has 0 aromatic carbocycles. The third kappa shape index (κ3) is 3.62. The fourth-order valence-corrected chi connectivity index (χ4v) is 3.18. The Morgan fingerprint density at radius 2 is 1.80 bits per heavy atom. The normalized spacial score (nSPS) is 31.9. The van der Waals surface area contributed by atoms with E-state index in [9.17, 15) is 9.59 Å². The second kappa shape index (κ2) is 6.43. The molecule has 20 heavy (non-hydrogen) atoms. The summed E-state index contributed by atoms with van der Waals surface area (Å²) in [6, 6.07) is 0.360. The van der Waals surface area contributed by atoms with E-state index in [4.69, 9.17) is 5.11 Å². The SMILES string of the molecule is CC1CN(C)CCN1C(=O)NC1CCC(C(=O)O)CC1. The predicted octanol–water partition coefficient (Wildman–Crippen LogP) is 0.975. The summed E-state index contributed by atoms with van der Waals surface area (Å²) in [4.78, 5) is 27.3. The minimum atomic E-state index is -0.706. The molecule has 0 bridgehead atoms. The predicted molar refractivity (Wildman–Crippen MR) is 75.6 cm³/mol. The maximum Gasteiger partial charge on any atom is 0.317 e. The molecule has 1 saturated carbocycles. The Kier molecular flexibility index (Phi) is 4.86. The number of nitrogens with zero attached hydrogens (tertiary/aromatic N) is 2. The molecular weight excluding hydrogens is 258 g/mol. The van der Waals surface area contributed by atoms with Gasteiger partial charge in [-0.25, -0.2) is 4.79 Å². The lowest BCUT2D eigenvalue weighted by Gasteiger charge is -2.39.